The molecule has 1 aromatic rings. The zero-order valence-corrected chi connectivity index (χ0v) is 12.9. The van der Waals surface area contributed by atoms with Crippen LogP contribution in [0, 0.1) is 0 Å². The van der Waals surface area contributed by atoms with Gasteiger partial charge in [0.15, 0.2) is 0 Å². The highest BCUT2D eigenvalue weighted by Crippen LogP contribution is 2.14. The van der Waals surface area contributed by atoms with Crippen molar-refractivity contribution in [3.05, 3.63) is 24.3 Å². The number of ether oxygens (including phenoxy) is 1. The van der Waals surface area contributed by atoms with Gasteiger partial charge >= 0.3 is 0 Å². The number of nitrogen functional groups attached to an aromatic ring is 1. The van der Waals surface area contributed by atoms with Gasteiger partial charge in [0.1, 0.15) is 5.75 Å². The molecule has 5 heteroatoms. The van der Waals surface area contributed by atoms with Crippen LogP contribution in [-0.4, -0.2) is 31.1 Å². The number of anilines is 1. The van der Waals surface area contributed by atoms with Crippen molar-refractivity contribution in [2.24, 2.45) is 0 Å². The molecule has 0 unspecified atom stereocenters. The lowest BCUT2D eigenvalue weighted by Crippen LogP contribution is -2.25. The van der Waals surface area contributed by atoms with E-state index in [9.17, 15) is 4.79 Å². The standard InChI is InChI=1S/C15H24N2O2S/c1-20-11-4-2-3-9-17-15(18)8-10-19-14-7-5-6-13(16)12-14/h5-7,12H,2-4,8-11,16H2,1H3,(H,17,18). The normalized spacial score (nSPS) is 10.2. The molecule has 0 aliphatic carbocycles. The van der Waals surface area contributed by atoms with Gasteiger partial charge in [0, 0.05) is 18.3 Å². The van der Waals surface area contributed by atoms with E-state index in [2.05, 4.69) is 11.6 Å². The summed E-state index contributed by atoms with van der Waals surface area (Å²) in [5.41, 5.74) is 6.31. The van der Waals surface area contributed by atoms with Gasteiger partial charge in [-0.25, -0.2) is 0 Å². The van der Waals surface area contributed by atoms with Crippen molar-refractivity contribution in [2.75, 3.05) is 30.9 Å². The maximum atomic E-state index is 11.6. The van der Waals surface area contributed by atoms with Gasteiger partial charge in [0.2, 0.25) is 5.91 Å². The van der Waals surface area contributed by atoms with Crippen LogP contribution in [0.5, 0.6) is 5.75 Å². The van der Waals surface area contributed by atoms with E-state index in [-0.39, 0.29) is 5.91 Å². The first-order valence-corrected chi connectivity index (χ1v) is 8.35. The van der Waals surface area contributed by atoms with E-state index >= 15 is 0 Å². The van der Waals surface area contributed by atoms with Crippen molar-refractivity contribution < 1.29 is 9.53 Å². The first kappa shape index (κ1) is 16.7. The Morgan fingerprint density at radius 3 is 2.95 bits per heavy atom. The number of nitrogens with one attached hydrogen (secondary N) is 1. The molecule has 1 aromatic carbocycles. The number of rotatable bonds is 10. The van der Waals surface area contributed by atoms with Gasteiger partial charge in [-0.1, -0.05) is 12.5 Å². The summed E-state index contributed by atoms with van der Waals surface area (Å²) in [4.78, 5) is 11.6. The fourth-order valence-electron chi connectivity index (χ4n) is 1.73. The fourth-order valence-corrected chi connectivity index (χ4v) is 2.22. The maximum absolute atomic E-state index is 11.6. The zero-order valence-electron chi connectivity index (χ0n) is 12.1. The summed E-state index contributed by atoms with van der Waals surface area (Å²) in [6.45, 7) is 1.13. The van der Waals surface area contributed by atoms with Crippen LogP contribution >= 0.6 is 11.8 Å². The van der Waals surface area contributed by atoms with Crippen molar-refractivity contribution in [3.8, 4) is 5.75 Å². The number of hydrogen-bond donors (Lipinski definition) is 2. The third kappa shape index (κ3) is 7.94. The van der Waals surface area contributed by atoms with E-state index in [1.54, 1.807) is 12.1 Å². The molecule has 0 bridgehead atoms. The zero-order chi connectivity index (χ0) is 14.6. The van der Waals surface area contributed by atoms with Crippen molar-refractivity contribution in [3.63, 3.8) is 0 Å². The number of hydrogen-bond acceptors (Lipinski definition) is 4. The van der Waals surface area contributed by atoms with Crippen LogP contribution < -0.4 is 15.8 Å². The lowest BCUT2D eigenvalue weighted by atomic mass is 10.2. The molecular formula is C15H24N2O2S. The van der Waals surface area contributed by atoms with Crippen LogP contribution in [0.4, 0.5) is 5.69 Å². The van der Waals surface area contributed by atoms with Crippen molar-refractivity contribution in [1.29, 1.82) is 0 Å². The first-order chi connectivity index (χ1) is 9.72. The molecule has 0 saturated heterocycles. The Kier molecular flexibility index (Phi) is 8.71. The summed E-state index contributed by atoms with van der Waals surface area (Å²) in [6, 6.07) is 7.22. The second-order valence-corrected chi connectivity index (χ2v) is 5.56. The molecule has 112 valence electrons. The van der Waals surface area contributed by atoms with E-state index in [0.29, 0.717) is 24.5 Å². The first-order valence-electron chi connectivity index (χ1n) is 6.96. The fraction of sp³-hybridized carbons (Fsp3) is 0.533. The number of benzene rings is 1. The minimum Gasteiger partial charge on any atom is -0.493 e. The largest absolute Gasteiger partial charge is 0.493 e. The summed E-state index contributed by atoms with van der Waals surface area (Å²) in [7, 11) is 0. The summed E-state index contributed by atoms with van der Waals surface area (Å²) in [5.74, 6) is 1.94. The minimum atomic E-state index is 0.0405. The lowest BCUT2D eigenvalue weighted by Gasteiger charge is -2.07. The third-order valence-electron chi connectivity index (χ3n) is 2.80. The van der Waals surface area contributed by atoms with Gasteiger partial charge in [-0.15, -0.1) is 0 Å². The number of thioether (sulfide) groups is 1. The van der Waals surface area contributed by atoms with E-state index in [1.807, 2.05) is 23.9 Å². The van der Waals surface area contributed by atoms with E-state index < -0.39 is 0 Å². The quantitative estimate of drug-likeness (QED) is 0.515. The van der Waals surface area contributed by atoms with Crippen molar-refractivity contribution in [2.45, 2.75) is 25.7 Å². The van der Waals surface area contributed by atoms with Crippen LogP contribution in [0.25, 0.3) is 0 Å². The number of carbonyl (C=O) groups excluding carboxylic acids is 1. The average Bonchev–Trinajstić information content (AvgIpc) is 2.43. The molecular weight excluding hydrogens is 272 g/mol. The summed E-state index contributed by atoms with van der Waals surface area (Å²) in [6.07, 6.45) is 5.92. The second kappa shape index (κ2) is 10.4. The molecule has 0 aromatic heterocycles. The van der Waals surface area contributed by atoms with Gasteiger partial charge in [0.05, 0.1) is 13.0 Å². The van der Waals surface area contributed by atoms with Crippen LogP contribution in [-0.2, 0) is 4.79 Å². The molecule has 0 radical (unpaired) electrons. The molecule has 0 spiro atoms. The topological polar surface area (TPSA) is 64.3 Å². The molecule has 20 heavy (non-hydrogen) atoms. The molecule has 0 saturated carbocycles. The van der Waals surface area contributed by atoms with E-state index in [1.165, 1.54) is 18.6 Å². The SMILES string of the molecule is CSCCCCCNC(=O)CCOc1cccc(N)c1. The van der Waals surface area contributed by atoms with Gasteiger partial charge in [0.25, 0.3) is 0 Å². The smallest absolute Gasteiger partial charge is 0.223 e. The van der Waals surface area contributed by atoms with Crippen LogP contribution in [0.3, 0.4) is 0 Å². The monoisotopic (exact) mass is 296 g/mol. The minimum absolute atomic E-state index is 0.0405. The predicted octanol–water partition coefficient (Wildman–Crippen LogP) is 2.69. The molecule has 1 amide bonds. The summed E-state index contributed by atoms with van der Waals surface area (Å²) in [5, 5.41) is 2.91. The number of carbonyl (C=O) groups is 1. The molecule has 0 heterocycles. The molecule has 4 nitrogen and oxygen atoms in total. The van der Waals surface area contributed by atoms with Gasteiger partial charge < -0.3 is 15.8 Å². The number of amides is 1. The number of nitrogens with two attached hydrogens (primary N) is 1. The van der Waals surface area contributed by atoms with E-state index in [4.69, 9.17) is 10.5 Å². The van der Waals surface area contributed by atoms with Gasteiger partial charge in [-0.05, 0) is 37.0 Å². The van der Waals surface area contributed by atoms with Crippen molar-refractivity contribution in [1.82, 2.24) is 5.32 Å². The predicted molar refractivity (Wildman–Crippen MR) is 86.2 cm³/mol. The third-order valence-corrected chi connectivity index (χ3v) is 3.50. The van der Waals surface area contributed by atoms with Crippen LogP contribution in [0.15, 0.2) is 24.3 Å². The summed E-state index contributed by atoms with van der Waals surface area (Å²) >= 11 is 1.86. The molecule has 0 aliphatic rings. The Morgan fingerprint density at radius 2 is 2.20 bits per heavy atom. The lowest BCUT2D eigenvalue weighted by molar-refractivity contribution is -0.121. The highest BCUT2D eigenvalue weighted by atomic mass is 32.2. The maximum Gasteiger partial charge on any atom is 0.223 e. The highest BCUT2D eigenvalue weighted by molar-refractivity contribution is 7.98. The summed E-state index contributed by atoms with van der Waals surface area (Å²) < 4.78 is 5.47. The van der Waals surface area contributed by atoms with Crippen LogP contribution in [0.1, 0.15) is 25.7 Å². The molecule has 0 aliphatic heterocycles. The highest BCUT2D eigenvalue weighted by Gasteiger charge is 2.01. The molecule has 0 atom stereocenters. The van der Waals surface area contributed by atoms with Crippen molar-refractivity contribution >= 4 is 23.4 Å². The molecule has 3 N–H and O–H groups in total. The van der Waals surface area contributed by atoms with Gasteiger partial charge in [-0.3, -0.25) is 4.79 Å². The van der Waals surface area contributed by atoms with Gasteiger partial charge in [-0.2, -0.15) is 11.8 Å². The Hall–Kier alpha value is -1.36. The average molecular weight is 296 g/mol. The Bertz CT molecular complexity index is 399. The van der Waals surface area contributed by atoms with Crippen LogP contribution in [0.2, 0.25) is 0 Å². The molecule has 1 rings (SSSR count). The number of unbranched alkanes of at least 4 members (excludes halogenated alkanes) is 2. The second-order valence-electron chi connectivity index (χ2n) is 4.57. The Morgan fingerprint density at radius 1 is 1.35 bits per heavy atom. The van der Waals surface area contributed by atoms with E-state index in [0.717, 1.165) is 13.0 Å². The Labute approximate surface area is 125 Å². The Balaban J connectivity index is 2.03. The molecule has 0 fully saturated rings.